The van der Waals surface area contributed by atoms with Gasteiger partial charge < -0.3 is 14.5 Å². The SMILES string of the molecule is O=C(c1cccc(-c2ccc[nH]c2=O)c1)N1CCCCC1CCn1ccnc1. The first kappa shape index (κ1) is 18.2. The number of nitrogens with zero attached hydrogens (tertiary/aromatic N) is 3. The Kier molecular flexibility index (Phi) is 5.37. The number of H-pyrrole nitrogens is 1. The number of hydrogen-bond acceptors (Lipinski definition) is 3. The molecule has 6 heteroatoms. The lowest BCUT2D eigenvalue weighted by Gasteiger charge is -2.36. The van der Waals surface area contributed by atoms with Gasteiger partial charge in [-0.25, -0.2) is 4.98 Å². The summed E-state index contributed by atoms with van der Waals surface area (Å²) in [6.07, 6.45) is 11.3. The van der Waals surface area contributed by atoms with Crippen LogP contribution in [-0.4, -0.2) is 37.9 Å². The van der Waals surface area contributed by atoms with Gasteiger partial charge in [-0.1, -0.05) is 12.1 Å². The summed E-state index contributed by atoms with van der Waals surface area (Å²) in [7, 11) is 0. The minimum Gasteiger partial charge on any atom is -0.337 e. The summed E-state index contributed by atoms with van der Waals surface area (Å²) in [6.45, 7) is 1.64. The fourth-order valence-corrected chi connectivity index (χ4v) is 3.92. The number of rotatable bonds is 5. The second-order valence-electron chi connectivity index (χ2n) is 7.23. The molecule has 1 fully saturated rings. The number of imidazole rings is 1. The van der Waals surface area contributed by atoms with Gasteiger partial charge >= 0.3 is 0 Å². The van der Waals surface area contributed by atoms with Crippen LogP contribution in [0.15, 0.2) is 66.1 Å². The molecule has 0 saturated carbocycles. The van der Waals surface area contributed by atoms with E-state index in [2.05, 4.69) is 14.5 Å². The average Bonchev–Trinajstić information content (AvgIpc) is 3.26. The molecule has 2 aromatic heterocycles. The number of pyridine rings is 1. The first-order chi connectivity index (χ1) is 13.7. The molecule has 6 nitrogen and oxygen atoms in total. The Morgan fingerprint density at radius 2 is 2.14 bits per heavy atom. The van der Waals surface area contributed by atoms with Gasteiger partial charge in [0.2, 0.25) is 0 Å². The number of carbonyl (C=O) groups is 1. The van der Waals surface area contributed by atoms with Crippen LogP contribution in [0.4, 0.5) is 0 Å². The third-order valence-electron chi connectivity index (χ3n) is 5.41. The van der Waals surface area contributed by atoms with Gasteiger partial charge in [-0.3, -0.25) is 9.59 Å². The Labute approximate surface area is 163 Å². The second-order valence-corrected chi connectivity index (χ2v) is 7.23. The fraction of sp³-hybridized carbons (Fsp3) is 0.318. The number of amides is 1. The monoisotopic (exact) mass is 376 g/mol. The topological polar surface area (TPSA) is 71.0 Å². The van der Waals surface area contributed by atoms with E-state index in [4.69, 9.17) is 0 Å². The van der Waals surface area contributed by atoms with Crippen LogP contribution in [0.1, 0.15) is 36.0 Å². The van der Waals surface area contributed by atoms with Crippen molar-refractivity contribution in [3.63, 3.8) is 0 Å². The molecule has 1 unspecified atom stereocenters. The Hall–Kier alpha value is -3.15. The van der Waals surface area contributed by atoms with Gasteiger partial charge in [0.05, 0.1) is 6.33 Å². The van der Waals surface area contributed by atoms with Gasteiger partial charge in [-0.15, -0.1) is 0 Å². The molecule has 1 atom stereocenters. The van der Waals surface area contributed by atoms with E-state index in [1.165, 1.54) is 0 Å². The first-order valence-electron chi connectivity index (χ1n) is 9.77. The molecule has 28 heavy (non-hydrogen) atoms. The molecule has 1 aliphatic heterocycles. The van der Waals surface area contributed by atoms with Crippen LogP contribution in [0.3, 0.4) is 0 Å². The van der Waals surface area contributed by atoms with Crippen molar-refractivity contribution in [2.45, 2.75) is 38.3 Å². The molecule has 0 radical (unpaired) electrons. The molecule has 3 aromatic rings. The van der Waals surface area contributed by atoms with Crippen LogP contribution < -0.4 is 5.56 Å². The highest BCUT2D eigenvalue weighted by atomic mass is 16.2. The average molecular weight is 376 g/mol. The highest BCUT2D eigenvalue weighted by molar-refractivity contribution is 5.95. The maximum Gasteiger partial charge on any atom is 0.255 e. The second kappa shape index (κ2) is 8.25. The van der Waals surface area contributed by atoms with Crippen LogP contribution in [0.5, 0.6) is 0 Å². The largest absolute Gasteiger partial charge is 0.337 e. The van der Waals surface area contributed by atoms with Crippen molar-refractivity contribution >= 4 is 5.91 Å². The summed E-state index contributed by atoms with van der Waals surface area (Å²) in [4.78, 5) is 34.1. The van der Waals surface area contributed by atoms with Crippen molar-refractivity contribution in [3.8, 4) is 11.1 Å². The molecule has 4 rings (SSSR count). The number of aryl methyl sites for hydroxylation is 1. The maximum atomic E-state index is 13.3. The Balaban J connectivity index is 1.54. The fourth-order valence-electron chi connectivity index (χ4n) is 3.92. The molecule has 1 amide bonds. The van der Waals surface area contributed by atoms with Gasteiger partial charge in [-0.2, -0.15) is 0 Å². The molecule has 1 aliphatic rings. The molecule has 1 N–H and O–H groups in total. The molecular formula is C22H24N4O2. The van der Waals surface area contributed by atoms with Gasteiger partial charge in [0, 0.05) is 48.8 Å². The van der Waals surface area contributed by atoms with Crippen LogP contribution in [-0.2, 0) is 6.54 Å². The summed E-state index contributed by atoms with van der Waals surface area (Å²) >= 11 is 0. The normalized spacial score (nSPS) is 16.9. The molecule has 0 bridgehead atoms. The van der Waals surface area contributed by atoms with Crippen LogP contribution in [0.25, 0.3) is 11.1 Å². The molecule has 144 valence electrons. The van der Waals surface area contributed by atoms with E-state index in [0.717, 1.165) is 44.3 Å². The number of piperidine rings is 1. The number of carbonyl (C=O) groups excluding carboxylic acids is 1. The smallest absolute Gasteiger partial charge is 0.255 e. The van der Waals surface area contributed by atoms with E-state index in [0.29, 0.717) is 11.1 Å². The minimum atomic E-state index is -0.150. The third kappa shape index (κ3) is 3.91. The summed E-state index contributed by atoms with van der Waals surface area (Å²) < 4.78 is 2.06. The van der Waals surface area contributed by atoms with E-state index >= 15 is 0 Å². The minimum absolute atomic E-state index is 0.0459. The lowest BCUT2D eigenvalue weighted by atomic mass is 9.97. The van der Waals surface area contributed by atoms with E-state index in [-0.39, 0.29) is 17.5 Å². The predicted octanol–water partition coefficient (Wildman–Crippen LogP) is 3.32. The molecule has 0 spiro atoms. The molecule has 3 heterocycles. The zero-order chi connectivity index (χ0) is 19.3. The molecular weight excluding hydrogens is 352 g/mol. The van der Waals surface area contributed by atoms with Crippen LogP contribution >= 0.6 is 0 Å². The summed E-state index contributed by atoms with van der Waals surface area (Å²) in [5.41, 5.74) is 1.82. The van der Waals surface area contributed by atoms with Gasteiger partial charge in [0.25, 0.3) is 11.5 Å². The van der Waals surface area contributed by atoms with Crippen LogP contribution in [0.2, 0.25) is 0 Å². The van der Waals surface area contributed by atoms with Gasteiger partial charge in [0.1, 0.15) is 0 Å². The zero-order valence-electron chi connectivity index (χ0n) is 15.8. The Morgan fingerprint density at radius 1 is 1.21 bits per heavy atom. The lowest BCUT2D eigenvalue weighted by Crippen LogP contribution is -2.44. The molecule has 1 saturated heterocycles. The Bertz CT molecular complexity index is 994. The van der Waals surface area contributed by atoms with Crippen molar-refractivity contribution in [1.29, 1.82) is 0 Å². The van der Waals surface area contributed by atoms with E-state index in [1.807, 2.05) is 41.7 Å². The summed E-state index contributed by atoms with van der Waals surface area (Å²) in [5.74, 6) is 0.0459. The van der Waals surface area contributed by atoms with Crippen molar-refractivity contribution in [3.05, 3.63) is 77.2 Å². The van der Waals surface area contributed by atoms with Crippen molar-refractivity contribution in [2.75, 3.05) is 6.54 Å². The zero-order valence-corrected chi connectivity index (χ0v) is 15.8. The number of hydrogen-bond donors (Lipinski definition) is 1. The molecule has 0 aliphatic carbocycles. The van der Waals surface area contributed by atoms with E-state index in [1.54, 1.807) is 24.5 Å². The number of benzene rings is 1. The van der Waals surface area contributed by atoms with Gasteiger partial charge in [-0.05, 0) is 55.5 Å². The standard InChI is InChI=1S/C22H24N4O2/c27-21-20(8-4-10-24-21)17-5-3-6-18(15-17)22(28)26-12-2-1-7-19(26)9-13-25-14-11-23-16-25/h3-6,8,10-11,14-16,19H,1-2,7,9,12-13H2,(H,24,27). The number of aromatic nitrogens is 3. The van der Waals surface area contributed by atoms with E-state index < -0.39 is 0 Å². The highest BCUT2D eigenvalue weighted by Crippen LogP contribution is 2.24. The van der Waals surface area contributed by atoms with Crippen LogP contribution in [0, 0.1) is 0 Å². The highest BCUT2D eigenvalue weighted by Gasteiger charge is 2.27. The summed E-state index contributed by atoms with van der Waals surface area (Å²) in [6, 6.07) is 11.2. The quantitative estimate of drug-likeness (QED) is 0.742. The van der Waals surface area contributed by atoms with Gasteiger partial charge in [0.15, 0.2) is 0 Å². The number of likely N-dealkylation sites (tertiary alicyclic amines) is 1. The van der Waals surface area contributed by atoms with Crippen molar-refractivity contribution in [2.24, 2.45) is 0 Å². The predicted molar refractivity (Wildman–Crippen MR) is 108 cm³/mol. The summed E-state index contributed by atoms with van der Waals surface area (Å²) in [5, 5.41) is 0. The van der Waals surface area contributed by atoms with Crippen molar-refractivity contribution < 1.29 is 4.79 Å². The maximum absolute atomic E-state index is 13.3. The third-order valence-corrected chi connectivity index (χ3v) is 5.41. The first-order valence-corrected chi connectivity index (χ1v) is 9.77. The molecule has 1 aromatic carbocycles. The Morgan fingerprint density at radius 3 is 2.96 bits per heavy atom. The van der Waals surface area contributed by atoms with E-state index in [9.17, 15) is 9.59 Å². The lowest BCUT2D eigenvalue weighted by molar-refractivity contribution is 0.0595. The number of aromatic amines is 1. The number of nitrogens with one attached hydrogen (secondary N) is 1. The van der Waals surface area contributed by atoms with Crippen molar-refractivity contribution in [1.82, 2.24) is 19.4 Å².